The summed E-state index contributed by atoms with van der Waals surface area (Å²) in [7, 11) is 1.93. The molecule has 3 nitrogen and oxygen atoms in total. The van der Waals surface area contributed by atoms with E-state index in [1.807, 2.05) is 13.1 Å². The molecule has 0 spiro atoms. The molecule has 0 amide bonds. The van der Waals surface area contributed by atoms with Gasteiger partial charge in [-0.3, -0.25) is 0 Å². The first-order valence-electron chi connectivity index (χ1n) is 7.83. The number of nitrogens with zero attached hydrogens (tertiary/aromatic N) is 2. The van der Waals surface area contributed by atoms with Crippen LogP contribution in [0.2, 0.25) is 5.02 Å². The summed E-state index contributed by atoms with van der Waals surface area (Å²) in [5.74, 6) is 2.94. The van der Waals surface area contributed by atoms with E-state index in [0.717, 1.165) is 41.5 Å². The van der Waals surface area contributed by atoms with Gasteiger partial charge in [-0.05, 0) is 43.9 Å². The molecular formula is C16H24ClN3. The molecule has 4 heteroatoms. The third-order valence-corrected chi connectivity index (χ3v) is 5.21. The van der Waals surface area contributed by atoms with E-state index >= 15 is 0 Å². The molecule has 1 saturated carbocycles. The predicted octanol–water partition coefficient (Wildman–Crippen LogP) is 3.47. The molecule has 2 heterocycles. The molecule has 1 aromatic heterocycles. The number of rotatable bonds is 3. The van der Waals surface area contributed by atoms with Crippen LogP contribution in [0.4, 0.5) is 5.82 Å². The monoisotopic (exact) mass is 293 g/mol. The number of aromatic nitrogens is 1. The van der Waals surface area contributed by atoms with Gasteiger partial charge in [0.15, 0.2) is 0 Å². The molecule has 110 valence electrons. The number of anilines is 1. The number of fused-ring (bicyclic) bond motifs is 1. The van der Waals surface area contributed by atoms with E-state index in [2.05, 4.69) is 16.3 Å². The minimum atomic E-state index is 0.729. The molecule has 2 unspecified atom stereocenters. The lowest BCUT2D eigenvalue weighted by Gasteiger charge is -2.41. The lowest BCUT2D eigenvalue weighted by molar-refractivity contribution is 0.202. The highest BCUT2D eigenvalue weighted by Crippen LogP contribution is 2.37. The first kappa shape index (κ1) is 14.2. The second kappa shape index (κ2) is 6.31. The smallest absolute Gasteiger partial charge is 0.128 e. The Morgan fingerprint density at radius 3 is 2.85 bits per heavy atom. The van der Waals surface area contributed by atoms with Crippen LogP contribution in [0.1, 0.15) is 37.8 Å². The third kappa shape index (κ3) is 2.94. The second-order valence-corrected chi connectivity index (χ2v) is 6.57. The Morgan fingerprint density at radius 2 is 2.05 bits per heavy atom. The lowest BCUT2D eigenvalue weighted by atomic mass is 9.75. The van der Waals surface area contributed by atoms with Gasteiger partial charge in [0.1, 0.15) is 5.82 Å². The molecule has 1 aliphatic heterocycles. The number of halogens is 1. The van der Waals surface area contributed by atoms with Crippen LogP contribution in [0.3, 0.4) is 0 Å². The van der Waals surface area contributed by atoms with Crippen molar-refractivity contribution in [2.45, 2.75) is 38.6 Å². The van der Waals surface area contributed by atoms with Gasteiger partial charge in [-0.2, -0.15) is 0 Å². The molecule has 0 aromatic carbocycles. The van der Waals surface area contributed by atoms with Crippen molar-refractivity contribution in [3.63, 3.8) is 0 Å². The van der Waals surface area contributed by atoms with Crippen LogP contribution in [-0.2, 0) is 6.54 Å². The van der Waals surface area contributed by atoms with Crippen LogP contribution in [0.25, 0.3) is 0 Å². The van der Waals surface area contributed by atoms with Gasteiger partial charge in [0.2, 0.25) is 0 Å². The number of hydrogen-bond acceptors (Lipinski definition) is 3. The van der Waals surface area contributed by atoms with Crippen LogP contribution in [0.15, 0.2) is 12.1 Å². The number of pyridine rings is 1. The van der Waals surface area contributed by atoms with Crippen LogP contribution in [0, 0.1) is 11.8 Å². The highest BCUT2D eigenvalue weighted by Gasteiger charge is 2.31. The summed E-state index contributed by atoms with van der Waals surface area (Å²) >= 11 is 6.20. The standard InChI is InChI=1S/C16H24ClN3/c1-18-10-15-14(17)6-7-16(19-15)20-9-8-12-4-2-3-5-13(12)11-20/h6-7,12-13,18H,2-5,8-11H2,1H3. The fourth-order valence-electron chi connectivity index (χ4n) is 3.75. The van der Waals surface area contributed by atoms with Crippen LogP contribution >= 0.6 is 11.6 Å². The SMILES string of the molecule is CNCc1nc(N2CCC3CCCCC3C2)ccc1Cl. The van der Waals surface area contributed by atoms with Gasteiger partial charge < -0.3 is 10.2 Å². The Bertz CT molecular complexity index is 463. The number of piperidine rings is 1. The molecule has 1 aromatic rings. The fourth-order valence-corrected chi connectivity index (χ4v) is 3.92. The molecule has 2 aliphatic rings. The van der Waals surface area contributed by atoms with Crippen LogP contribution < -0.4 is 10.2 Å². The Morgan fingerprint density at radius 1 is 1.25 bits per heavy atom. The van der Waals surface area contributed by atoms with E-state index in [9.17, 15) is 0 Å². The Hall–Kier alpha value is -0.800. The highest BCUT2D eigenvalue weighted by molar-refractivity contribution is 6.31. The van der Waals surface area contributed by atoms with E-state index < -0.39 is 0 Å². The molecule has 2 atom stereocenters. The van der Waals surface area contributed by atoms with Gasteiger partial charge in [-0.25, -0.2) is 4.98 Å². The van der Waals surface area contributed by atoms with E-state index in [0.29, 0.717) is 0 Å². The van der Waals surface area contributed by atoms with Gasteiger partial charge in [0.05, 0.1) is 10.7 Å². The highest BCUT2D eigenvalue weighted by atomic mass is 35.5. The van der Waals surface area contributed by atoms with Gasteiger partial charge in [0.25, 0.3) is 0 Å². The van der Waals surface area contributed by atoms with Crippen molar-refractivity contribution in [1.29, 1.82) is 0 Å². The van der Waals surface area contributed by atoms with Crippen LogP contribution in [-0.4, -0.2) is 25.1 Å². The van der Waals surface area contributed by atoms with E-state index in [-0.39, 0.29) is 0 Å². The molecule has 1 saturated heterocycles. The minimum Gasteiger partial charge on any atom is -0.356 e. The fraction of sp³-hybridized carbons (Fsp3) is 0.688. The Balaban J connectivity index is 1.74. The largest absolute Gasteiger partial charge is 0.356 e. The summed E-state index contributed by atoms with van der Waals surface area (Å²) < 4.78 is 0. The van der Waals surface area contributed by atoms with E-state index in [1.54, 1.807) is 0 Å². The van der Waals surface area contributed by atoms with E-state index in [1.165, 1.54) is 38.6 Å². The number of nitrogens with one attached hydrogen (secondary N) is 1. The summed E-state index contributed by atoms with van der Waals surface area (Å²) in [6.07, 6.45) is 7.02. The average Bonchev–Trinajstić information content (AvgIpc) is 2.49. The predicted molar refractivity (Wildman–Crippen MR) is 84.3 cm³/mol. The lowest BCUT2D eigenvalue weighted by Crippen LogP contribution is -2.42. The molecular weight excluding hydrogens is 270 g/mol. The van der Waals surface area contributed by atoms with Gasteiger partial charge in [0, 0.05) is 19.6 Å². The zero-order valence-electron chi connectivity index (χ0n) is 12.2. The van der Waals surface area contributed by atoms with Gasteiger partial charge >= 0.3 is 0 Å². The van der Waals surface area contributed by atoms with E-state index in [4.69, 9.17) is 16.6 Å². The maximum absolute atomic E-state index is 6.20. The van der Waals surface area contributed by atoms with Crippen molar-refractivity contribution in [3.05, 3.63) is 22.8 Å². The molecule has 2 fully saturated rings. The van der Waals surface area contributed by atoms with Crippen molar-refractivity contribution in [2.75, 3.05) is 25.0 Å². The summed E-state index contributed by atoms with van der Waals surface area (Å²) in [4.78, 5) is 7.22. The van der Waals surface area contributed by atoms with Gasteiger partial charge in [-0.1, -0.05) is 30.9 Å². The maximum atomic E-state index is 6.20. The summed E-state index contributed by atoms with van der Waals surface area (Å²) in [6.45, 7) is 3.06. The Kier molecular flexibility index (Phi) is 4.47. The normalized spacial score (nSPS) is 26.4. The molecule has 3 rings (SSSR count). The zero-order chi connectivity index (χ0) is 13.9. The quantitative estimate of drug-likeness (QED) is 0.925. The Labute approximate surface area is 126 Å². The first-order chi connectivity index (χ1) is 9.78. The average molecular weight is 294 g/mol. The van der Waals surface area contributed by atoms with Gasteiger partial charge in [-0.15, -0.1) is 0 Å². The molecule has 1 aliphatic carbocycles. The molecule has 0 bridgehead atoms. The summed E-state index contributed by atoms with van der Waals surface area (Å²) in [5.41, 5.74) is 0.956. The molecule has 0 radical (unpaired) electrons. The second-order valence-electron chi connectivity index (χ2n) is 6.17. The zero-order valence-corrected chi connectivity index (χ0v) is 13.0. The van der Waals surface area contributed by atoms with Crippen molar-refractivity contribution in [1.82, 2.24) is 10.3 Å². The molecule has 1 N–H and O–H groups in total. The van der Waals surface area contributed by atoms with Crippen molar-refractivity contribution in [2.24, 2.45) is 11.8 Å². The molecule has 20 heavy (non-hydrogen) atoms. The topological polar surface area (TPSA) is 28.2 Å². The number of hydrogen-bond donors (Lipinski definition) is 1. The first-order valence-corrected chi connectivity index (χ1v) is 8.20. The van der Waals surface area contributed by atoms with Crippen molar-refractivity contribution in [3.8, 4) is 0 Å². The third-order valence-electron chi connectivity index (χ3n) is 4.86. The summed E-state index contributed by atoms with van der Waals surface area (Å²) in [5, 5.41) is 3.89. The van der Waals surface area contributed by atoms with Crippen molar-refractivity contribution < 1.29 is 0 Å². The van der Waals surface area contributed by atoms with Crippen LogP contribution in [0.5, 0.6) is 0 Å². The maximum Gasteiger partial charge on any atom is 0.128 e. The summed E-state index contributed by atoms with van der Waals surface area (Å²) in [6, 6.07) is 4.06. The minimum absolute atomic E-state index is 0.729. The van der Waals surface area contributed by atoms with Crippen molar-refractivity contribution >= 4 is 17.4 Å².